The molecule has 0 N–H and O–H groups in total. The largest absolute Gasteiger partial charge is 0.369 e. The summed E-state index contributed by atoms with van der Waals surface area (Å²) in [4.78, 5) is 11.7. The molecule has 0 amide bonds. The number of anilines is 1. The second-order valence-corrected chi connectivity index (χ2v) is 9.67. The van der Waals surface area contributed by atoms with E-state index in [0.717, 1.165) is 60.7 Å². The summed E-state index contributed by atoms with van der Waals surface area (Å²) in [6, 6.07) is 14.4. The van der Waals surface area contributed by atoms with Crippen molar-refractivity contribution in [2.75, 3.05) is 57.5 Å². The molecule has 4 rings (SSSR count). The number of nitrogens with zero attached hydrogens (tertiary/aromatic N) is 5. The summed E-state index contributed by atoms with van der Waals surface area (Å²) in [6.45, 7) is 6.21. The van der Waals surface area contributed by atoms with Crippen molar-refractivity contribution in [3.8, 4) is 5.69 Å². The highest BCUT2D eigenvalue weighted by atomic mass is 35.5. The van der Waals surface area contributed by atoms with Crippen LogP contribution in [0, 0.1) is 5.82 Å². The monoisotopic (exact) mass is 473 g/mol. The molecule has 0 atom stereocenters. The van der Waals surface area contributed by atoms with Gasteiger partial charge < -0.3 is 9.80 Å². The molecule has 32 heavy (non-hydrogen) atoms. The van der Waals surface area contributed by atoms with Gasteiger partial charge >= 0.3 is 0 Å². The van der Waals surface area contributed by atoms with Crippen LogP contribution in [0.4, 0.5) is 10.1 Å². The maximum absolute atomic E-state index is 13.3. The van der Waals surface area contributed by atoms with Gasteiger partial charge in [0.05, 0.1) is 18.4 Å². The summed E-state index contributed by atoms with van der Waals surface area (Å²) in [6.07, 6.45) is 1.94. The van der Waals surface area contributed by atoms with Crippen molar-refractivity contribution in [3.05, 3.63) is 71.3 Å². The van der Waals surface area contributed by atoms with E-state index in [1.807, 2.05) is 37.5 Å². The molecule has 0 bridgehead atoms. The Bertz CT molecular complexity index is 1000. The maximum atomic E-state index is 13.3. The summed E-state index contributed by atoms with van der Waals surface area (Å²) >= 11 is 7.91. The average molecular weight is 474 g/mol. The van der Waals surface area contributed by atoms with Gasteiger partial charge in [-0.3, -0.25) is 9.47 Å². The summed E-state index contributed by atoms with van der Waals surface area (Å²) in [5.41, 5.74) is 3.07. The molecule has 0 aliphatic carbocycles. The fourth-order valence-corrected chi connectivity index (χ4v) is 4.95. The summed E-state index contributed by atoms with van der Waals surface area (Å²) in [7, 11) is 4.19. The Balaban J connectivity index is 1.50. The zero-order valence-corrected chi connectivity index (χ0v) is 20.1. The molecule has 0 spiro atoms. The molecule has 170 valence electrons. The number of rotatable bonds is 8. The van der Waals surface area contributed by atoms with Crippen LogP contribution in [-0.4, -0.2) is 71.9 Å². The van der Waals surface area contributed by atoms with Gasteiger partial charge in [0.15, 0.2) is 5.16 Å². The first-order chi connectivity index (χ1) is 15.5. The smallest absolute Gasteiger partial charge is 0.172 e. The average Bonchev–Trinajstić information content (AvgIpc) is 3.18. The van der Waals surface area contributed by atoms with E-state index in [4.69, 9.17) is 16.6 Å². The van der Waals surface area contributed by atoms with Crippen LogP contribution in [0.1, 0.15) is 5.69 Å². The molecule has 2 heterocycles. The third-order valence-corrected chi connectivity index (χ3v) is 6.97. The molecule has 0 saturated carbocycles. The van der Waals surface area contributed by atoms with E-state index in [1.165, 1.54) is 12.1 Å². The zero-order valence-electron chi connectivity index (χ0n) is 18.5. The third-order valence-electron chi connectivity index (χ3n) is 5.79. The number of likely N-dealkylation sites (N-methyl/N-ethyl adjacent to an activating group) is 1. The molecule has 8 heteroatoms. The molecular formula is C24H29ClFN5S. The lowest BCUT2D eigenvalue weighted by Gasteiger charge is -2.32. The Morgan fingerprint density at radius 3 is 2.41 bits per heavy atom. The van der Waals surface area contributed by atoms with Crippen molar-refractivity contribution in [1.29, 1.82) is 0 Å². The lowest BCUT2D eigenvalue weighted by Crippen LogP contribution is -2.45. The fourth-order valence-electron chi connectivity index (χ4n) is 3.82. The second-order valence-electron chi connectivity index (χ2n) is 8.17. The number of benzene rings is 2. The van der Waals surface area contributed by atoms with Crippen molar-refractivity contribution < 1.29 is 4.39 Å². The van der Waals surface area contributed by atoms with Crippen LogP contribution in [0.2, 0.25) is 5.02 Å². The van der Waals surface area contributed by atoms with Crippen LogP contribution < -0.4 is 4.90 Å². The molecule has 2 aromatic carbocycles. The third kappa shape index (κ3) is 5.84. The number of piperazine rings is 1. The topological polar surface area (TPSA) is 27.5 Å². The van der Waals surface area contributed by atoms with E-state index in [2.05, 4.69) is 26.3 Å². The minimum absolute atomic E-state index is 0.229. The minimum atomic E-state index is -0.229. The Kier molecular flexibility index (Phi) is 7.73. The molecule has 1 aliphatic rings. The zero-order chi connectivity index (χ0) is 22.5. The van der Waals surface area contributed by atoms with Gasteiger partial charge in [0.1, 0.15) is 5.82 Å². The van der Waals surface area contributed by atoms with Crippen LogP contribution >= 0.6 is 23.4 Å². The van der Waals surface area contributed by atoms with E-state index in [9.17, 15) is 4.39 Å². The first kappa shape index (κ1) is 23.1. The normalized spacial score (nSPS) is 15.2. The van der Waals surface area contributed by atoms with Gasteiger partial charge in [0.25, 0.3) is 0 Å². The van der Waals surface area contributed by atoms with E-state index in [1.54, 1.807) is 23.9 Å². The van der Waals surface area contributed by atoms with Crippen LogP contribution in [0.5, 0.6) is 0 Å². The van der Waals surface area contributed by atoms with Gasteiger partial charge in [-0.05, 0) is 55.6 Å². The molecular weight excluding hydrogens is 445 g/mol. The van der Waals surface area contributed by atoms with E-state index in [-0.39, 0.29) is 5.82 Å². The number of imidazole rings is 1. The molecule has 1 fully saturated rings. The Labute approximate surface area is 198 Å². The highest BCUT2D eigenvalue weighted by Crippen LogP contribution is 2.26. The van der Waals surface area contributed by atoms with Crippen LogP contribution in [-0.2, 0) is 6.54 Å². The lowest BCUT2D eigenvalue weighted by atomic mass is 10.2. The Hall–Kier alpha value is -2.06. The first-order valence-corrected chi connectivity index (χ1v) is 12.2. The molecule has 1 saturated heterocycles. The van der Waals surface area contributed by atoms with E-state index >= 15 is 0 Å². The van der Waals surface area contributed by atoms with Crippen LogP contribution in [0.3, 0.4) is 0 Å². The van der Waals surface area contributed by atoms with Gasteiger partial charge in [-0.1, -0.05) is 23.4 Å². The van der Waals surface area contributed by atoms with Crippen molar-refractivity contribution >= 4 is 29.1 Å². The van der Waals surface area contributed by atoms with E-state index < -0.39 is 0 Å². The number of hydrogen-bond acceptors (Lipinski definition) is 5. The van der Waals surface area contributed by atoms with Crippen LogP contribution in [0.25, 0.3) is 5.69 Å². The molecule has 5 nitrogen and oxygen atoms in total. The fraction of sp³-hybridized carbons (Fsp3) is 0.375. The number of hydrogen-bond donors (Lipinski definition) is 0. The number of thioether (sulfide) groups is 1. The van der Waals surface area contributed by atoms with Crippen molar-refractivity contribution in [2.24, 2.45) is 0 Å². The predicted molar refractivity (Wildman–Crippen MR) is 132 cm³/mol. The minimum Gasteiger partial charge on any atom is -0.369 e. The highest BCUT2D eigenvalue weighted by molar-refractivity contribution is 7.99. The molecule has 3 aromatic rings. The summed E-state index contributed by atoms with van der Waals surface area (Å²) in [5, 5.41) is 1.69. The van der Waals surface area contributed by atoms with Gasteiger partial charge in [0.2, 0.25) is 0 Å². The first-order valence-electron chi connectivity index (χ1n) is 10.8. The van der Waals surface area contributed by atoms with Crippen molar-refractivity contribution in [2.45, 2.75) is 11.7 Å². The van der Waals surface area contributed by atoms with Gasteiger partial charge in [0, 0.05) is 61.9 Å². The number of halogens is 2. The number of aromatic nitrogens is 2. The van der Waals surface area contributed by atoms with Crippen LogP contribution in [0.15, 0.2) is 59.9 Å². The van der Waals surface area contributed by atoms with Gasteiger partial charge in [-0.2, -0.15) is 0 Å². The Morgan fingerprint density at radius 2 is 1.72 bits per heavy atom. The van der Waals surface area contributed by atoms with Crippen molar-refractivity contribution in [1.82, 2.24) is 19.4 Å². The van der Waals surface area contributed by atoms with Crippen molar-refractivity contribution in [3.63, 3.8) is 0 Å². The molecule has 0 unspecified atom stereocenters. The molecule has 1 aliphatic heterocycles. The second kappa shape index (κ2) is 10.7. The van der Waals surface area contributed by atoms with Gasteiger partial charge in [-0.15, -0.1) is 0 Å². The summed E-state index contributed by atoms with van der Waals surface area (Å²) in [5.74, 6) is 0.758. The standard InChI is InChI=1S/C24H29ClFN5S/c1-28-11-13-30(14-12-28)15-16-32-24-27-17-23(31(24)22-7-3-19(25)4-8-22)18-29(2)21-9-5-20(26)6-10-21/h3-10,17H,11-16,18H2,1-2H3. The molecule has 1 aromatic heterocycles. The molecule has 0 radical (unpaired) electrons. The summed E-state index contributed by atoms with van der Waals surface area (Å²) < 4.78 is 15.5. The van der Waals surface area contributed by atoms with E-state index in [0.29, 0.717) is 11.6 Å². The Morgan fingerprint density at radius 1 is 1.03 bits per heavy atom. The quantitative estimate of drug-likeness (QED) is 0.444. The SMILES string of the molecule is CN1CCN(CCSc2ncc(CN(C)c3ccc(F)cc3)n2-c2ccc(Cl)cc2)CC1. The maximum Gasteiger partial charge on any atom is 0.172 e. The van der Waals surface area contributed by atoms with Gasteiger partial charge in [-0.25, -0.2) is 9.37 Å². The lowest BCUT2D eigenvalue weighted by molar-refractivity contribution is 0.161. The highest BCUT2D eigenvalue weighted by Gasteiger charge is 2.17. The predicted octanol–water partition coefficient (Wildman–Crippen LogP) is 4.64.